The van der Waals surface area contributed by atoms with Crippen LogP contribution in [-0.2, 0) is 0 Å². The summed E-state index contributed by atoms with van der Waals surface area (Å²) >= 11 is 0. The van der Waals surface area contributed by atoms with Crippen molar-refractivity contribution >= 4 is 17.4 Å². The predicted octanol–water partition coefficient (Wildman–Crippen LogP) is 4.07. The Hall–Kier alpha value is -3.09. The van der Waals surface area contributed by atoms with Crippen LogP contribution < -0.4 is 15.4 Å². The molecule has 4 rings (SSSR count). The molecule has 0 aliphatic carbocycles. The molecule has 7 heteroatoms. The Balaban J connectivity index is 0.00000117. The van der Waals surface area contributed by atoms with E-state index in [0.29, 0.717) is 17.9 Å². The van der Waals surface area contributed by atoms with E-state index in [-0.39, 0.29) is 5.91 Å². The largest absolute Gasteiger partial charge is 0.496 e. The summed E-state index contributed by atoms with van der Waals surface area (Å²) in [5, 5.41) is 11.1. The number of hydrogen-bond donors (Lipinski definition) is 2. The second kappa shape index (κ2) is 9.41. The maximum absolute atomic E-state index is 12.7. The van der Waals surface area contributed by atoms with Crippen molar-refractivity contribution in [2.24, 2.45) is 0 Å². The molecule has 4 bridgehead atoms. The van der Waals surface area contributed by atoms with E-state index in [9.17, 15) is 4.79 Å². The first-order valence-corrected chi connectivity index (χ1v) is 10.2. The van der Waals surface area contributed by atoms with Gasteiger partial charge >= 0.3 is 0 Å². The quantitative estimate of drug-likeness (QED) is 0.649. The molecule has 0 unspecified atom stereocenters. The van der Waals surface area contributed by atoms with Crippen molar-refractivity contribution in [2.75, 3.05) is 25.5 Å². The number of aryl methyl sites for hydroxylation is 1. The third kappa shape index (κ3) is 4.34. The highest BCUT2D eigenvalue weighted by molar-refractivity contribution is 5.98. The van der Waals surface area contributed by atoms with Gasteiger partial charge in [0, 0.05) is 18.7 Å². The molecule has 0 saturated heterocycles. The molecule has 3 heterocycles. The van der Waals surface area contributed by atoms with Gasteiger partial charge in [-0.05, 0) is 56.0 Å². The summed E-state index contributed by atoms with van der Waals surface area (Å²) in [5.41, 5.74) is 4.08. The number of nitrogens with one attached hydrogen (secondary N) is 2. The van der Waals surface area contributed by atoms with E-state index < -0.39 is 0 Å². The summed E-state index contributed by atoms with van der Waals surface area (Å²) in [6.07, 6.45) is 4.77. The van der Waals surface area contributed by atoms with Crippen LogP contribution in [0.2, 0.25) is 0 Å². The van der Waals surface area contributed by atoms with Gasteiger partial charge in [0.15, 0.2) is 5.65 Å². The summed E-state index contributed by atoms with van der Waals surface area (Å²) in [7, 11) is 1.57. The van der Waals surface area contributed by atoms with Crippen LogP contribution in [-0.4, -0.2) is 40.7 Å². The van der Waals surface area contributed by atoms with E-state index >= 15 is 0 Å². The highest BCUT2D eigenvalue weighted by Crippen LogP contribution is 2.28. The van der Waals surface area contributed by atoms with Gasteiger partial charge in [0.2, 0.25) is 0 Å². The lowest BCUT2D eigenvalue weighted by Crippen LogP contribution is -2.25. The van der Waals surface area contributed by atoms with Crippen molar-refractivity contribution < 1.29 is 9.53 Å². The van der Waals surface area contributed by atoms with Crippen molar-refractivity contribution in [2.45, 2.75) is 40.0 Å². The van der Waals surface area contributed by atoms with Crippen LogP contribution in [0, 0.1) is 6.92 Å². The van der Waals surface area contributed by atoms with Crippen LogP contribution in [0.4, 0.5) is 5.82 Å². The highest BCUT2D eigenvalue weighted by atomic mass is 16.5. The predicted molar refractivity (Wildman–Crippen MR) is 116 cm³/mol. The number of aromatic nitrogens is 3. The van der Waals surface area contributed by atoms with Gasteiger partial charge < -0.3 is 15.4 Å². The van der Waals surface area contributed by atoms with Crippen LogP contribution >= 0.6 is 0 Å². The SMILES string of the molecule is CC.COc1ccc2cc1C(=O)NCCCCCNc1cc(C)c3ncc-2n3n1. The Morgan fingerprint density at radius 1 is 1.07 bits per heavy atom. The number of anilines is 1. The monoisotopic (exact) mass is 395 g/mol. The first-order chi connectivity index (χ1) is 14.2. The zero-order chi connectivity index (χ0) is 20.8. The fraction of sp³-hybridized carbons (Fsp3) is 0.409. The minimum atomic E-state index is -0.125. The standard InChI is InChI=1S/C20H23N5O2.C2H6/c1-13-10-18-21-8-4-3-5-9-22-20(26)15-11-14(6-7-17(15)27-2)16-12-23-19(13)25(16)24-18;1-2/h6-7,10-12H,3-5,8-9H2,1-2H3,(H,21,24)(H,22,26);1-2H3. The summed E-state index contributed by atoms with van der Waals surface area (Å²) in [6, 6.07) is 7.61. The van der Waals surface area contributed by atoms with Gasteiger partial charge in [-0.2, -0.15) is 0 Å². The van der Waals surface area contributed by atoms with Crippen LogP contribution in [0.5, 0.6) is 5.75 Å². The molecular weight excluding hydrogens is 366 g/mol. The molecule has 1 amide bonds. The van der Waals surface area contributed by atoms with Crippen LogP contribution in [0.15, 0.2) is 30.5 Å². The molecule has 2 N–H and O–H groups in total. The molecule has 0 fully saturated rings. The number of amides is 1. The Morgan fingerprint density at radius 3 is 2.59 bits per heavy atom. The first kappa shape index (κ1) is 20.6. The second-order valence-corrected chi connectivity index (χ2v) is 6.75. The average molecular weight is 396 g/mol. The number of fused-ring (bicyclic) bond motifs is 4. The van der Waals surface area contributed by atoms with E-state index in [4.69, 9.17) is 9.84 Å². The number of ether oxygens (including phenoxy) is 1. The summed E-state index contributed by atoms with van der Waals surface area (Å²) in [5.74, 6) is 1.26. The second-order valence-electron chi connectivity index (χ2n) is 6.75. The van der Waals surface area contributed by atoms with Gasteiger partial charge in [-0.1, -0.05) is 13.8 Å². The number of hydrogen-bond acceptors (Lipinski definition) is 5. The molecule has 0 atom stereocenters. The topological polar surface area (TPSA) is 80.5 Å². The normalized spacial score (nSPS) is 14.1. The maximum Gasteiger partial charge on any atom is 0.255 e. The van der Waals surface area contributed by atoms with E-state index in [2.05, 4.69) is 15.6 Å². The Morgan fingerprint density at radius 2 is 1.83 bits per heavy atom. The van der Waals surface area contributed by atoms with Crippen LogP contribution in [0.25, 0.3) is 16.9 Å². The van der Waals surface area contributed by atoms with E-state index in [0.717, 1.165) is 54.1 Å². The maximum atomic E-state index is 12.7. The number of rotatable bonds is 1. The van der Waals surface area contributed by atoms with Gasteiger partial charge in [-0.15, -0.1) is 5.10 Å². The Bertz CT molecular complexity index is 996. The first-order valence-electron chi connectivity index (χ1n) is 10.2. The molecule has 154 valence electrons. The number of methoxy groups -OCH3 is 1. The summed E-state index contributed by atoms with van der Waals surface area (Å²) in [4.78, 5) is 17.2. The minimum Gasteiger partial charge on any atom is -0.496 e. The minimum absolute atomic E-state index is 0.125. The number of imidazole rings is 1. The fourth-order valence-corrected chi connectivity index (χ4v) is 3.39. The van der Waals surface area contributed by atoms with Crippen LogP contribution in [0.1, 0.15) is 49.0 Å². The number of carbonyl (C=O) groups excluding carboxylic acids is 1. The number of carbonyl (C=O) groups is 1. The molecule has 7 nitrogen and oxygen atoms in total. The number of nitrogens with zero attached hydrogens (tertiary/aromatic N) is 3. The van der Waals surface area contributed by atoms with Crippen molar-refractivity contribution in [3.63, 3.8) is 0 Å². The van der Waals surface area contributed by atoms with Gasteiger partial charge in [0.1, 0.15) is 11.6 Å². The third-order valence-electron chi connectivity index (χ3n) is 4.84. The highest BCUT2D eigenvalue weighted by Gasteiger charge is 2.17. The molecule has 0 saturated carbocycles. The lowest BCUT2D eigenvalue weighted by Gasteiger charge is -2.11. The molecule has 1 aromatic carbocycles. The summed E-state index contributed by atoms with van der Waals surface area (Å²) < 4.78 is 7.23. The average Bonchev–Trinajstić information content (AvgIpc) is 3.18. The zero-order valence-electron chi connectivity index (χ0n) is 17.6. The fourth-order valence-electron chi connectivity index (χ4n) is 3.39. The molecule has 29 heavy (non-hydrogen) atoms. The van der Waals surface area contributed by atoms with E-state index in [1.165, 1.54) is 0 Å². The number of benzene rings is 1. The molecule has 1 aliphatic rings. The molecule has 0 radical (unpaired) electrons. The van der Waals surface area contributed by atoms with Crippen molar-refractivity contribution in [3.8, 4) is 17.0 Å². The van der Waals surface area contributed by atoms with E-state index in [1.54, 1.807) is 13.3 Å². The summed E-state index contributed by atoms with van der Waals surface area (Å²) in [6.45, 7) is 7.52. The van der Waals surface area contributed by atoms with Gasteiger partial charge in [-0.25, -0.2) is 9.50 Å². The van der Waals surface area contributed by atoms with Crippen LogP contribution in [0.3, 0.4) is 0 Å². The lowest BCUT2D eigenvalue weighted by atomic mass is 10.1. The molecule has 0 spiro atoms. The third-order valence-corrected chi connectivity index (χ3v) is 4.84. The van der Waals surface area contributed by atoms with E-state index in [1.807, 2.05) is 49.6 Å². The smallest absolute Gasteiger partial charge is 0.255 e. The molecule has 1 aliphatic heterocycles. The van der Waals surface area contributed by atoms with Gasteiger partial charge in [-0.3, -0.25) is 4.79 Å². The Kier molecular flexibility index (Phi) is 6.69. The molecular formula is C22H29N5O2. The van der Waals surface area contributed by atoms with Gasteiger partial charge in [0.25, 0.3) is 5.91 Å². The van der Waals surface area contributed by atoms with Crippen molar-refractivity contribution in [3.05, 3.63) is 41.6 Å². The Labute approximate surface area is 171 Å². The molecule has 2 aromatic heterocycles. The van der Waals surface area contributed by atoms with Crippen molar-refractivity contribution in [1.82, 2.24) is 19.9 Å². The van der Waals surface area contributed by atoms with Crippen molar-refractivity contribution in [1.29, 1.82) is 0 Å². The van der Waals surface area contributed by atoms with Gasteiger partial charge in [0.05, 0.1) is 24.6 Å². The zero-order valence-corrected chi connectivity index (χ0v) is 17.6. The molecule has 3 aromatic rings. The lowest BCUT2D eigenvalue weighted by molar-refractivity contribution is 0.0950.